The fourth-order valence-electron chi connectivity index (χ4n) is 5.23. The summed E-state index contributed by atoms with van der Waals surface area (Å²) in [5.41, 5.74) is 9.80. The van der Waals surface area contributed by atoms with E-state index < -0.39 is 0 Å². The SMILES string of the molecule is CC.CC.CC.CC.CC(C)c1ccc(N(c2ccccc2)c2ccccc2)cc1.CC(C)c1cccc(N(c2ccccc2)c2ccccc2)c1. The second-order valence-electron chi connectivity index (χ2n) is 11.5. The minimum absolute atomic E-state index is 0.522. The molecule has 6 aromatic carbocycles. The maximum absolute atomic E-state index is 2.30. The average Bonchev–Trinajstić information content (AvgIpc) is 3.23. The van der Waals surface area contributed by atoms with Gasteiger partial charge in [0.15, 0.2) is 0 Å². The lowest BCUT2D eigenvalue weighted by Crippen LogP contribution is -2.10. The highest BCUT2D eigenvalue weighted by molar-refractivity contribution is 5.77. The number of nitrogens with zero attached hydrogens (tertiary/aromatic N) is 2. The Morgan fingerprint density at radius 2 is 0.538 bits per heavy atom. The van der Waals surface area contributed by atoms with E-state index in [4.69, 9.17) is 0 Å². The maximum Gasteiger partial charge on any atom is 0.0464 e. The normalized spacial score (nSPS) is 9.50. The van der Waals surface area contributed by atoms with Gasteiger partial charge in [0, 0.05) is 34.1 Å². The van der Waals surface area contributed by atoms with Gasteiger partial charge in [-0.25, -0.2) is 0 Å². The predicted molar refractivity (Wildman–Crippen MR) is 236 cm³/mol. The van der Waals surface area contributed by atoms with Crippen LogP contribution in [0.15, 0.2) is 170 Å². The van der Waals surface area contributed by atoms with Crippen LogP contribution in [0.3, 0.4) is 0 Å². The molecule has 0 spiro atoms. The van der Waals surface area contributed by atoms with Gasteiger partial charge in [0.1, 0.15) is 0 Å². The molecule has 0 aromatic heterocycles. The molecule has 0 unspecified atom stereocenters. The molecule has 0 saturated heterocycles. The average molecular weight is 695 g/mol. The van der Waals surface area contributed by atoms with E-state index >= 15 is 0 Å². The highest BCUT2D eigenvalue weighted by Gasteiger charge is 2.13. The first-order valence-corrected chi connectivity index (χ1v) is 19.5. The molecule has 0 atom stereocenters. The third-order valence-corrected chi connectivity index (χ3v) is 7.67. The van der Waals surface area contributed by atoms with E-state index in [2.05, 4.69) is 207 Å². The zero-order valence-corrected chi connectivity index (χ0v) is 34.2. The maximum atomic E-state index is 2.30. The topological polar surface area (TPSA) is 6.48 Å². The van der Waals surface area contributed by atoms with Gasteiger partial charge in [0.2, 0.25) is 0 Å². The second-order valence-corrected chi connectivity index (χ2v) is 11.5. The van der Waals surface area contributed by atoms with Crippen molar-refractivity contribution in [3.8, 4) is 0 Å². The molecule has 2 heteroatoms. The Balaban J connectivity index is 0.000000437. The Labute approximate surface area is 318 Å². The number of para-hydroxylation sites is 4. The standard InChI is InChI=1S/2C21H21N.4C2H6/c1-17(2)18-10-9-15-21(16-18)22(19-11-5-3-6-12-19)20-13-7-4-8-14-20;1-17(2)18-13-15-21(16-14-18)22(19-9-5-3-6-10-19)20-11-7-4-8-12-20;4*1-2/h2*3-17H,1-2H3;4*1-2H3. The third-order valence-electron chi connectivity index (χ3n) is 7.67. The zero-order valence-electron chi connectivity index (χ0n) is 34.2. The molecule has 2 nitrogen and oxygen atoms in total. The van der Waals surface area contributed by atoms with E-state index in [1.165, 1.54) is 45.3 Å². The van der Waals surface area contributed by atoms with Crippen molar-refractivity contribution in [3.05, 3.63) is 181 Å². The van der Waals surface area contributed by atoms with Crippen molar-refractivity contribution in [1.29, 1.82) is 0 Å². The second kappa shape index (κ2) is 26.7. The van der Waals surface area contributed by atoms with E-state index in [0.29, 0.717) is 11.8 Å². The highest BCUT2D eigenvalue weighted by Crippen LogP contribution is 2.36. The largest absolute Gasteiger partial charge is 0.311 e. The Kier molecular flexibility index (Phi) is 23.1. The van der Waals surface area contributed by atoms with E-state index in [-0.39, 0.29) is 0 Å². The number of hydrogen-bond acceptors (Lipinski definition) is 2. The van der Waals surface area contributed by atoms with Crippen LogP contribution in [-0.4, -0.2) is 0 Å². The van der Waals surface area contributed by atoms with Crippen LogP contribution < -0.4 is 9.80 Å². The summed E-state index contributed by atoms with van der Waals surface area (Å²) in [5, 5.41) is 0. The fraction of sp³-hybridized carbons (Fsp3) is 0.280. The first kappa shape index (κ1) is 44.9. The van der Waals surface area contributed by atoms with Crippen LogP contribution >= 0.6 is 0 Å². The van der Waals surface area contributed by atoms with Crippen molar-refractivity contribution in [3.63, 3.8) is 0 Å². The summed E-state index contributed by atoms with van der Waals surface area (Å²) in [7, 11) is 0. The summed E-state index contributed by atoms with van der Waals surface area (Å²) in [6.07, 6.45) is 0. The molecule has 0 aliphatic heterocycles. The third kappa shape index (κ3) is 13.9. The van der Waals surface area contributed by atoms with Crippen molar-refractivity contribution < 1.29 is 0 Å². The fourth-order valence-corrected chi connectivity index (χ4v) is 5.23. The molecule has 0 aliphatic rings. The van der Waals surface area contributed by atoms with Crippen molar-refractivity contribution in [1.82, 2.24) is 0 Å². The molecule has 0 radical (unpaired) electrons. The zero-order chi connectivity index (χ0) is 38.7. The van der Waals surface area contributed by atoms with E-state index in [0.717, 1.165) is 0 Å². The molecule has 0 fully saturated rings. The van der Waals surface area contributed by atoms with Crippen LogP contribution in [0.2, 0.25) is 0 Å². The van der Waals surface area contributed by atoms with Crippen LogP contribution in [0, 0.1) is 0 Å². The monoisotopic (exact) mass is 695 g/mol. The van der Waals surface area contributed by atoms with Gasteiger partial charge in [-0.1, -0.05) is 180 Å². The summed E-state index contributed by atoms with van der Waals surface area (Å²) in [4.78, 5) is 4.58. The Hall–Kier alpha value is -5.08. The molecule has 6 aromatic rings. The Morgan fingerprint density at radius 1 is 0.269 bits per heavy atom. The number of benzene rings is 6. The Morgan fingerprint density at radius 3 is 0.846 bits per heavy atom. The summed E-state index contributed by atoms with van der Waals surface area (Å²) < 4.78 is 0. The molecular formula is C50H66N2. The Bertz CT molecular complexity index is 1600. The molecule has 0 amide bonds. The lowest BCUT2D eigenvalue weighted by Gasteiger charge is -2.26. The van der Waals surface area contributed by atoms with Gasteiger partial charge in [-0.15, -0.1) is 0 Å². The molecule has 0 heterocycles. The van der Waals surface area contributed by atoms with Crippen LogP contribution in [0.4, 0.5) is 34.1 Å². The van der Waals surface area contributed by atoms with Crippen LogP contribution in [0.5, 0.6) is 0 Å². The highest BCUT2D eigenvalue weighted by atomic mass is 15.1. The molecule has 0 saturated carbocycles. The van der Waals surface area contributed by atoms with Gasteiger partial charge < -0.3 is 9.80 Å². The molecule has 0 N–H and O–H groups in total. The van der Waals surface area contributed by atoms with Crippen molar-refractivity contribution in [2.45, 2.75) is 94.9 Å². The van der Waals surface area contributed by atoms with Gasteiger partial charge in [-0.05, 0) is 95.8 Å². The van der Waals surface area contributed by atoms with Crippen molar-refractivity contribution in [2.24, 2.45) is 0 Å². The summed E-state index contributed by atoms with van der Waals surface area (Å²) in [5.74, 6) is 1.07. The number of rotatable bonds is 8. The lowest BCUT2D eigenvalue weighted by atomic mass is 10.0. The van der Waals surface area contributed by atoms with Crippen LogP contribution in [0.1, 0.15) is 106 Å². The molecule has 276 valence electrons. The van der Waals surface area contributed by atoms with Gasteiger partial charge >= 0.3 is 0 Å². The van der Waals surface area contributed by atoms with Gasteiger partial charge in [0.25, 0.3) is 0 Å². The minimum atomic E-state index is 0.522. The van der Waals surface area contributed by atoms with E-state index in [9.17, 15) is 0 Å². The molecule has 0 bridgehead atoms. The van der Waals surface area contributed by atoms with Crippen LogP contribution in [-0.2, 0) is 0 Å². The van der Waals surface area contributed by atoms with Crippen molar-refractivity contribution >= 4 is 34.1 Å². The van der Waals surface area contributed by atoms with E-state index in [1.807, 2.05) is 55.4 Å². The minimum Gasteiger partial charge on any atom is -0.311 e. The first-order chi connectivity index (χ1) is 25.5. The van der Waals surface area contributed by atoms with Crippen molar-refractivity contribution in [2.75, 3.05) is 9.80 Å². The molecule has 0 aliphatic carbocycles. The summed E-state index contributed by atoms with van der Waals surface area (Å²) in [6, 6.07) is 59.6. The predicted octanol–water partition coefficient (Wildman–Crippen LogP) is 16.7. The smallest absolute Gasteiger partial charge is 0.0464 e. The van der Waals surface area contributed by atoms with Crippen LogP contribution in [0.25, 0.3) is 0 Å². The molecule has 52 heavy (non-hydrogen) atoms. The number of hydrogen-bond donors (Lipinski definition) is 0. The molecular weight excluding hydrogens is 629 g/mol. The van der Waals surface area contributed by atoms with Gasteiger partial charge in [-0.2, -0.15) is 0 Å². The first-order valence-electron chi connectivity index (χ1n) is 19.5. The molecule has 6 rings (SSSR count). The van der Waals surface area contributed by atoms with Gasteiger partial charge in [-0.3, -0.25) is 0 Å². The quantitative estimate of drug-likeness (QED) is 0.156. The summed E-state index contributed by atoms with van der Waals surface area (Å²) in [6.45, 7) is 24.9. The van der Waals surface area contributed by atoms with E-state index in [1.54, 1.807) is 0 Å². The lowest BCUT2D eigenvalue weighted by molar-refractivity contribution is 0.866. The number of anilines is 6. The van der Waals surface area contributed by atoms with Gasteiger partial charge in [0.05, 0.1) is 0 Å². The summed E-state index contributed by atoms with van der Waals surface area (Å²) >= 11 is 0.